The van der Waals surface area contributed by atoms with Crippen molar-refractivity contribution in [3.05, 3.63) is 58.6 Å². The normalized spacial score (nSPS) is 12.0. The average Bonchev–Trinajstić information content (AvgIpc) is 2.93. The molecule has 1 heterocycles. The number of H-pyrrole nitrogens is 1. The predicted molar refractivity (Wildman–Crippen MR) is 109 cm³/mol. The number of nitrogens with two attached hydrogens (primary N) is 1. The Hall–Kier alpha value is -1.77. The first-order chi connectivity index (χ1) is 11.9. The van der Waals surface area contributed by atoms with E-state index in [9.17, 15) is 0 Å². The second-order valence-electron chi connectivity index (χ2n) is 7.74. The quantitative estimate of drug-likeness (QED) is 0.536. The zero-order valence-electron chi connectivity index (χ0n) is 15.3. The maximum atomic E-state index is 6.07. The van der Waals surface area contributed by atoms with Crippen molar-refractivity contribution in [1.82, 2.24) is 4.98 Å². The van der Waals surface area contributed by atoms with Crippen molar-refractivity contribution in [2.75, 3.05) is 6.54 Å². The van der Waals surface area contributed by atoms with Gasteiger partial charge in [-0.2, -0.15) is 0 Å². The lowest BCUT2D eigenvalue weighted by Gasteiger charge is -2.19. The van der Waals surface area contributed by atoms with Gasteiger partial charge in [0.15, 0.2) is 0 Å². The molecule has 25 heavy (non-hydrogen) atoms. The fourth-order valence-electron chi connectivity index (χ4n) is 3.28. The lowest BCUT2D eigenvalue weighted by Crippen LogP contribution is -2.10. The Balaban J connectivity index is 2.14. The van der Waals surface area contributed by atoms with E-state index in [2.05, 4.69) is 56.1 Å². The summed E-state index contributed by atoms with van der Waals surface area (Å²) >= 11 is 6.07. The molecule has 2 aromatic carbocycles. The smallest absolute Gasteiger partial charge is 0.0497 e. The van der Waals surface area contributed by atoms with Gasteiger partial charge in [0.2, 0.25) is 0 Å². The topological polar surface area (TPSA) is 41.8 Å². The zero-order chi connectivity index (χ0) is 18.0. The van der Waals surface area contributed by atoms with E-state index in [1.54, 1.807) is 0 Å². The molecule has 0 spiro atoms. The van der Waals surface area contributed by atoms with Crippen LogP contribution in [0.25, 0.3) is 22.2 Å². The van der Waals surface area contributed by atoms with E-state index < -0.39 is 0 Å². The van der Waals surface area contributed by atoms with Crippen LogP contribution in [-0.2, 0) is 11.8 Å². The summed E-state index contributed by atoms with van der Waals surface area (Å²) in [6.07, 6.45) is 3.18. The summed E-state index contributed by atoms with van der Waals surface area (Å²) in [7, 11) is 0. The van der Waals surface area contributed by atoms with Gasteiger partial charge in [0.05, 0.1) is 0 Å². The molecule has 3 aromatic rings. The van der Waals surface area contributed by atoms with Gasteiger partial charge in [0.25, 0.3) is 0 Å². The molecule has 0 aliphatic carbocycles. The molecule has 0 unspecified atom stereocenters. The van der Waals surface area contributed by atoms with Gasteiger partial charge in [-0.15, -0.1) is 0 Å². The number of nitrogens with one attached hydrogen (secondary N) is 1. The van der Waals surface area contributed by atoms with E-state index in [4.69, 9.17) is 17.3 Å². The van der Waals surface area contributed by atoms with Crippen molar-refractivity contribution in [1.29, 1.82) is 0 Å². The van der Waals surface area contributed by atoms with Gasteiger partial charge in [0.1, 0.15) is 0 Å². The molecular formula is C22H27ClN2. The molecular weight excluding hydrogens is 328 g/mol. The third-order valence-corrected chi connectivity index (χ3v) is 5.04. The fraction of sp³-hybridized carbons (Fsp3) is 0.364. The standard InChI is InChI=1S/C22H27ClN2/c1-22(2,3)16-9-12-20-19(14-16)18(6-4-5-13-24)21(25-20)15-7-10-17(23)11-8-15/h7-12,14,25H,4-6,13,24H2,1-3H3. The first kappa shape index (κ1) is 18.0. The lowest BCUT2D eigenvalue weighted by atomic mass is 9.86. The van der Waals surface area contributed by atoms with E-state index in [0.29, 0.717) is 0 Å². The Labute approximate surface area is 155 Å². The molecule has 0 saturated carbocycles. The Bertz CT molecular complexity index is 854. The molecule has 0 bridgehead atoms. The van der Waals surface area contributed by atoms with Gasteiger partial charge in [-0.3, -0.25) is 0 Å². The summed E-state index contributed by atoms with van der Waals surface area (Å²) < 4.78 is 0. The van der Waals surface area contributed by atoms with Crippen LogP contribution >= 0.6 is 11.6 Å². The fourth-order valence-corrected chi connectivity index (χ4v) is 3.41. The summed E-state index contributed by atoms with van der Waals surface area (Å²) in [5.74, 6) is 0. The largest absolute Gasteiger partial charge is 0.354 e. The highest BCUT2D eigenvalue weighted by Crippen LogP contribution is 2.35. The Morgan fingerprint density at radius 3 is 2.36 bits per heavy atom. The molecule has 0 atom stereocenters. The maximum absolute atomic E-state index is 6.07. The Kier molecular flexibility index (Phi) is 5.21. The number of rotatable bonds is 5. The number of unbranched alkanes of at least 4 members (excludes halogenated alkanes) is 1. The van der Waals surface area contributed by atoms with Crippen LogP contribution in [0, 0.1) is 0 Å². The van der Waals surface area contributed by atoms with Crippen molar-refractivity contribution in [2.24, 2.45) is 5.73 Å². The third kappa shape index (κ3) is 3.91. The molecule has 1 aromatic heterocycles. The summed E-state index contributed by atoms with van der Waals surface area (Å²) in [6, 6.07) is 14.9. The number of fused-ring (bicyclic) bond motifs is 1. The summed E-state index contributed by atoms with van der Waals surface area (Å²) in [5, 5.41) is 2.09. The van der Waals surface area contributed by atoms with Crippen molar-refractivity contribution in [3.8, 4) is 11.3 Å². The predicted octanol–water partition coefficient (Wildman–Crippen LogP) is 6.07. The van der Waals surface area contributed by atoms with Crippen LogP contribution in [0.3, 0.4) is 0 Å². The van der Waals surface area contributed by atoms with Crippen LogP contribution in [-0.4, -0.2) is 11.5 Å². The molecule has 132 valence electrons. The highest BCUT2D eigenvalue weighted by molar-refractivity contribution is 6.30. The Morgan fingerprint density at radius 2 is 1.72 bits per heavy atom. The van der Waals surface area contributed by atoms with E-state index in [-0.39, 0.29) is 5.41 Å². The van der Waals surface area contributed by atoms with Gasteiger partial charge in [-0.1, -0.05) is 50.6 Å². The first-order valence-electron chi connectivity index (χ1n) is 9.01. The minimum atomic E-state index is 0.139. The second-order valence-corrected chi connectivity index (χ2v) is 8.18. The van der Waals surface area contributed by atoms with Crippen molar-refractivity contribution in [3.63, 3.8) is 0 Å². The van der Waals surface area contributed by atoms with E-state index >= 15 is 0 Å². The molecule has 0 saturated heterocycles. The zero-order valence-corrected chi connectivity index (χ0v) is 16.1. The summed E-state index contributed by atoms with van der Waals surface area (Å²) in [6.45, 7) is 7.52. The van der Waals surface area contributed by atoms with Gasteiger partial charge >= 0.3 is 0 Å². The van der Waals surface area contributed by atoms with Crippen LogP contribution in [0.15, 0.2) is 42.5 Å². The van der Waals surface area contributed by atoms with E-state index in [1.807, 2.05) is 12.1 Å². The molecule has 0 fully saturated rings. The minimum absolute atomic E-state index is 0.139. The lowest BCUT2D eigenvalue weighted by molar-refractivity contribution is 0.591. The van der Waals surface area contributed by atoms with Crippen molar-refractivity contribution < 1.29 is 0 Å². The number of benzene rings is 2. The van der Waals surface area contributed by atoms with Crippen LogP contribution in [0.5, 0.6) is 0 Å². The van der Waals surface area contributed by atoms with E-state index in [0.717, 1.165) is 30.8 Å². The highest BCUT2D eigenvalue weighted by Gasteiger charge is 2.18. The van der Waals surface area contributed by atoms with E-state index in [1.165, 1.54) is 33.3 Å². The molecule has 0 aliphatic rings. The molecule has 3 rings (SSSR count). The minimum Gasteiger partial charge on any atom is -0.354 e. The van der Waals surface area contributed by atoms with Crippen molar-refractivity contribution >= 4 is 22.5 Å². The van der Waals surface area contributed by atoms with Gasteiger partial charge in [-0.25, -0.2) is 0 Å². The molecule has 3 N–H and O–H groups in total. The van der Waals surface area contributed by atoms with Gasteiger partial charge < -0.3 is 10.7 Å². The number of aromatic nitrogens is 1. The molecule has 0 aliphatic heterocycles. The number of aromatic amines is 1. The van der Waals surface area contributed by atoms with Crippen LogP contribution in [0.1, 0.15) is 44.7 Å². The number of halogens is 1. The van der Waals surface area contributed by atoms with Crippen LogP contribution < -0.4 is 5.73 Å². The number of hydrogen-bond acceptors (Lipinski definition) is 1. The summed E-state index contributed by atoms with van der Waals surface area (Å²) in [4.78, 5) is 3.63. The highest BCUT2D eigenvalue weighted by atomic mass is 35.5. The SMILES string of the molecule is CC(C)(C)c1ccc2[nH]c(-c3ccc(Cl)cc3)c(CCCCN)c2c1. The van der Waals surface area contributed by atoms with Crippen molar-refractivity contribution in [2.45, 2.75) is 45.4 Å². The Morgan fingerprint density at radius 1 is 1.00 bits per heavy atom. The van der Waals surface area contributed by atoms with Gasteiger partial charge in [-0.05, 0) is 72.2 Å². The monoisotopic (exact) mass is 354 g/mol. The second kappa shape index (κ2) is 7.23. The third-order valence-electron chi connectivity index (χ3n) is 4.79. The average molecular weight is 355 g/mol. The maximum Gasteiger partial charge on any atom is 0.0497 e. The number of aryl methyl sites for hydroxylation is 1. The molecule has 3 heteroatoms. The van der Waals surface area contributed by atoms with Gasteiger partial charge in [0, 0.05) is 21.6 Å². The number of hydrogen-bond donors (Lipinski definition) is 2. The van der Waals surface area contributed by atoms with Crippen LogP contribution in [0.4, 0.5) is 0 Å². The molecule has 0 amide bonds. The first-order valence-corrected chi connectivity index (χ1v) is 9.39. The molecule has 0 radical (unpaired) electrons. The molecule has 2 nitrogen and oxygen atoms in total. The summed E-state index contributed by atoms with van der Waals surface area (Å²) in [5.41, 5.74) is 12.2. The van der Waals surface area contributed by atoms with Crippen LogP contribution in [0.2, 0.25) is 5.02 Å².